The highest BCUT2D eigenvalue weighted by Crippen LogP contribution is 2.52. The number of ether oxygens (including phenoxy) is 5. The van der Waals surface area contributed by atoms with Gasteiger partial charge in [0, 0.05) is 45.6 Å². The summed E-state index contributed by atoms with van der Waals surface area (Å²) in [5.74, 6) is -1.13. The van der Waals surface area contributed by atoms with E-state index in [1.165, 1.54) is 20.3 Å². The summed E-state index contributed by atoms with van der Waals surface area (Å²) >= 11 is 0. The third kappa shape index (κ3) is 5.13. The van der Waals surface area contributed by atoms with Gasteiger partial charge in [-0.1, -0.05) is 0 Å². The summed E-state index contributed by atoms with van der Waals surface area (Å²) in [5.41, 5.74) is -0.252. The summed E-state index contributed by atoms with van der Waals surface area (Å²) < 4.78 is 26.6. The molecule has 2 rings (SSSR count). The molecule has 28 heavy (non-hydrogen) atoms. The van der Waals surface area contributed by atoms with Gasteiger partial charge < -0.3 is 28.5 Å². The van der Waals surface area contributed by atoms with E-state index >= 15 is 0 Å². The Morgan fingerprint density at radius 2 is 2.04 bits per heavy atom. The van der Waals surface area contributed by atoms with Gasteiger partial charge in [0.1, 0.15) is 17.8 Å². The largest absolute Gasteiger partial charge is 0.471 e. The van der Waals surface area contributed by atoms with Crippen LogP contribution in [-0.2, 0) is 38.1 Å². The normalized spacial score (nSPS) is 23.6. The van der Waals surface area contributed by atoms with E-state index in [-0.39, 0.29) is 6.79 Å². The smallest absolute Gasteiger partial charge is 0.337 e. The van der Waals surface area contributed by atoms with Gasteiger partial charge in [-0.2, -0.15) is 0 Å². The molecule has 1 unspecified atom stereocenters. The molecule has 0 amide bonds. The van der Waals surface area contributed by atoms with Gasteiger partial charge in [-0.15, -0.1) is 0 Å². The van der Waals surface area contributed by atoms with Crippen molar-refractivity contribution >= 4 is 18.2 Å². The van der Waals surface area contributed by atoms with Crippen LogP contribution in [0.3, 0.4) is 0 Å². The number of hydrogen-bond donors (Lipinski definition) is 0. The Balaban J connectivity index is 2.41. The monoisotopic (exact) mass is 396 g/mol. The van der Waals surface area contributed by atoms with Gasteiger partial charge in [0.2, 0.25) is 5.79 Å². The molecule has 8 heteroatoms. The minimum Gasteiger partial charge on any atom is -0.471 e. The summed E-state index contributed by atoms with van der Waals surface area (Å²) in [6, 6.07) is 0. The molecule has 0 fully saturated rings. The lowest BCUT2D eigenvalue weighted by Crippen LogP contribution is -2.36. The number of unbranched alkanes of at least 4 members (excludes halogenated alkanes) is 1. The van der Waals surface area contributed by atoms with Crippen LogP contribution in [0.15, 0.2) is 23.2 Å². The first-order chi connectivity index (χ1) is 13.3. The molecule has 8 nitrogen and oxygen atoms in total. The molecule has 0 aromatic carbocycles. The summed E-state index contributed by atoms with van der Waals surface area (Å²) in [7, 11) is 2.81. The first-order valence-electron chi connectivity index (χ1n) is 9.27. The maximum atomic E-state index is 12.6. The van der Waals surface area contributed by atoms with Gasteiger partial charge in [0.05, 0.1) is 18.8 Å². The average molecular weight is 396 g/mol. The third-order valence-electron chi connectivity index (χ3n) is 4.87. The second-order valence-electron chi connectivity index (χ2n) is 7.39. The highest BCUT2D eigenvalue weighted by Gasteiger charge is 2.47. The number of carbonyl (C=O) groups is 3. The molecule has 0 saturated carbocycles. The summed E-state index contributed by atoms with van der Waals surface area (Å²) in [4.78, 5) is 35.4. The fourth-order valence-corrected chi connectivity index (χ4v) is 3.83. The van der Waals surface area contributed by atoms with Crippen molar-refractivity contribution in [1.82, 2.24) is 0 Å². The molecular formula is C20H28O8. The van der Waals surface area contributed by atoms with E-state index in [1.54, 1.807) is 13.8 Å². The maximum absolute atomic E-state index is 12.6. The second kappa shape index (κ2) is 9.23. The predicted octanol–water partition coefficient (Wildman–Crippen LogP) is 2.77. The van der Waals surface area contributed by atoms with E-state index in [1.807, 2.05) is 0 Å². The Morgan fingerprint density at radius 1 is 1.29 bits per heavy atom. The van der Waals surface area contributed by atoms with Crippen LogP contribution in [0.2, 0.25) is 0 Å². The van der Waals surface area contributed by atoms with Crippen LogP contribution in [0, 0.1) is 5.41 Å². The fraction of sp³-hybridized carbons (Fsp3) is 0.650. The summed E-state index contributed by atoms with van der Waals surface area (Å²) in [6.45, 7) is 3.31. The predicted molar refractivity (Wildman–Crippen MR) is 97.5 cm³/mol. The quantitative estimate of drug-likeness (QED) is 0.241. The maximum Gasteiger partial charge on any atom is 0.337 e. The van der Waals surface area contributed by atoms with E-state index in [2.05, 4.69) is 0 Å². The van der Waals surface area contributed by atoms with Crippen molar-refractivity contribution in [3.05, 3.63) is 23.2 Å². The molecule has 1 heterocycles. The number of rotatable bonds is 10. The van der Waals surface area contributed by atoms with Crippen LogP contribution in [0.25, 0.3) is 0 Å². The number of hydrogen-bond acceptors (Lipinski definition) is 8. The molecule has 1 atom stereocenters. The lowest BCUT2D eigenvalue weighted by molar-refractivity contribution is -0.207. The van der Waals surface area contributed by atoms with Gasteiger partial charge >= 0.3 is 11.9 Å². The Kier molecular flexibility index (Phi) is 7.23. The van der Waals surface area contributed by atoms with Crippen molar-refractivity contribution in [3.63, 3.8) is 0 Å². The molecule has 0 saturated heterocycles. The van der Waals surface area contributed by atoms with Crippen LogP contribution < -0.4 is 0 Å². The van der Waals surface area contributed by atoms with Crippen molar-refractivity contribution in [1.29, 1.82) is 0 Å². The number of methoxy groups -OCH3 is 2. The van der Waals surface area contributed by atoms with Crippen molar-refractivity contribution in [3.8, 4) is 0 Å². The SMILES string of the molecule is COCOC1=C(C(=O)OC)C(CCCC=O)(CC2=CC(=O)OC(C)(C)O2)CC1. The van der Waals surface area contributed by atoms with Gasteiger partial charge in [-0.3, -0.25) is 0 Å². The van der Waals surface area contributed by atoms with Gasteiger partial charge in [0.25, 0.3) is 0 Å². The molecule has 0 spiro atoms. The number of allylic oxidation sites excluding steroid dienone is 2. The lowest BCUT2D eigenvalue weighted by atomic mass is 9.73. The highest BCUT2D eigenvalue weighted by molar-refractivity contribution is 5.91. The van der Waals surface area contributed by atoms with Gasteiger partial charge in [-0.05, 0) is 19.3 Å². The Labute approximate surface area is 164 Å². The summed E-state index contributed by atoms with van der Waals surface area (Å²) in [5, 5.41) is 0. The summed E-state index contributed by atoms with van der Waals surface area (Å²) in [6.07, 6.45) is 5.09. The zero-order chi connectivity index (χ0) is 20.8. The van der Waals surface area contributed by atoms with Gasteiger partial charge in [0.15, 0.2) is 6.79 Å². The molecule has 1 aliphatic heterocycles. The topological polar surface area (TPSA) is 97.4 Å². The van der Waals surface area contributed by atoms with Crippen molar-refractivity contribution < 1.29 is 38.1 Å². The Hall–Kier alpha value is -2.35. The second-order valence-corrected chi connectivity index (χ2v) is 7.39. The van der Waals surface area contributed by atoms with E-state index in [4.69, 9.17) is 23.7 Å². The Morgan fingerprint density at radius 3 is 2.64 bits per heavy atom. The minimum atomic E-state index is -1.09. The number of carbonyl (C=O) groups excluding carboxylic acids is 3. The van der Waals surface area contributed by atoms with Crippen molar-refractivity contribution in [2.24, 2.45) is 5.41 Å². The van der Waals surface area contributed by atoms with E-state index in [9.17, 15) is 14.4 Å². The van der Waals surface area contributed by atoms with Gasteiger partial charge in [-0.25, -0.2) is 9.59 Å². The van der Waals surface area contributed by atoms with Crippen molar-refractivity contribution in [2.75, 3.05) is 21.0 Å². The van der Waals surface area contributed by atoms with E-state index < -0.39 is 23.1 Å². The van der Waals surface area contributed by atoms with Crippen molar-refractivity contribution in [2.45, 2.75) is 58.2 Å². The first kappa shape index (κ1) is 21.9. The zero-order valence-electron chi connectivity index (χ0n) is 16.9. The van der Waals surface area contributed by atoms with E-state index in [0.717, 1.165) is 6.29 Å². The van der Waals surface area contributed by atoms with Crippen LogP contribution in [0.4, 0.5) is 0 Å². The zero-order valence-corrected chi connectivity index (χ0v) is 16.9. The van der Waals surface area contributed by atoms with Crippen LogP contribution in [-0.4, -0.2) is 45.0 Å². The third-order valence-corrected chi connectivity index (χ3v) is 4.87. The first-order valence-corrected chi connectivity index (χ1v) is 9.27. The van der Waals surface area contributed by atoms with Crippen LogP contribution in [0.1, 0.15) is 52.4 Å². The fourth-order valence-electron chi connectivity index (χ4n) is 3.83. The van der Waals surface area contributed by atoms with Crippen LogP contribution in [0.5, 0.6) is 0 Å². The molecule has 156 valence electrons. The molecule has 0 bridgehead atoms. The Bertz CT molecular complexity index is 676. The molecule has 2 aliphatic rings. The highest BCUT2D eigenvalue weighted by atomic mass is 16.7. The minimum absolute atomic E-state index is 0.0127. The van der Waals surface area contributed by atoms with E-state index in [0.29, 0.717) is 55.6 Å². The number of cyclic esters (lactones) is 1. The lowest BCUT2D eigenvalue weighted by Gasteiger charge is -2.36. The molecule has 0 aromatic heterocycles. The number of aldehydes is 1. The standard InChI is InChI=1S/C20H28O8/c1-19(2)27-14(11-16(22)28-19)12-20(8-5-6-10-21)9-7-15(26-13-24-3)17(20)18(23)25-4/h10-11H,5-9,12-13H2,1-4H3. The molecule has 0 radical (unpaired) electrons. The number of esters is 2. The van der Waals surface area contributed by atoms with Crippen LogP contribution >= 0.6 is 0 Å². The molecule has 0 aromatic rings. The molecular weight excluding hydrogens is 368 g/mol. The molecule has 1 aliphatic carbocycles. The molecule has 0 N–H and O–H groups in total. The average Bonchev–Trinajstić information content (AvgIpc) is 2.95.